The summed E-state index contributed by atoms with van der Waals surface area (Å²) in [5, 5.41) is 79.4. The molecule has 3 saturated heterocycles. The number of hydrogen-bond donors (Lipinski definition) is 12. The Bertz CT molecular complexity index is 1930. The molecule has 0 spiro atoms. The molecule has 28 heteroatoms. The second kappa shape index (κ2) is 27.2. The van der Waals surface area contributed by atoms with Gasteiger partial charge in [-0.05, 0) is 60.3 Å². The van der Waals surface area contributed by atoms with Gasteiger partial charge >= 0.3 is 19.9 Å². The second-order valence-corrected chi connectivity index (χ2v) is 18.8. The summed E-state index contributed by atoms with van der Waals surface area (Å²) < 4.78 is 63.2. The fourth-order valence-electron chi connectivity index (χ4n) is 7.66. The maximum absolute atomic E-state index is 13.6. The molecule has 3 heterocycles. The van der Waals surface area contributed by atoms with Crippen LogP contribution in [0.2, 0.25) is 0 Å². The van der Waals surface area contributed by atoms with Crippen molar-refractivity contribution in [2.75, 3.05) is 26.4 Å². The Morgan fingerprint density at radius 3 is 1.80 bits per heavy atom. The van der Waals surface area contributed by atoms with Gasteiger partial charge in [0.05, 0.1) is 26.4 Å². The highest BCUT2D eigenvalue weighted by atomic mass is 31.2. The zero-order valence-corrected chi connectivity index (χ0v) is 40.7. The normalized spacial score (nSPS) is 34.1. The van der Waals surface area contributed by atoms with Crippen molar-refractivity contribution in [2.45, 2.75) is 172 Å². The van der Waals surface area contributed by atoms with Gasteiger partial charge in [0.15, 0.2) is 43.3 Å². The number of phosphoric acid groups is 1. The van der Waals surface area contributed by atoms with E-state index in [-0.39, 0.29) is 6.61 Å². The maximum Gasteiger partial charge on any atom is 0.474 e. The number of carbonyl (C=O) groups is 5. The highest BCUT2D eigenvalue weighted by Gasteiger charge is 2.61. The third-order valence-electron chi connectivity index (χ3n) is 11.3. The minimum Gasteiger partial charge on any atom is -0.479 e. The first kappa shape index (κ1) is 60.3. The van der Waals surface area contributed by atoms with Crippen molar-refractivity contribution < 1.29 is 111 Å². The van der Waals surface area contributed by atoms with Crippen LogP contribution in [0.3, 0.4) is 0 Å². The molecule has 0 bridgehead atoms. The van der Waals surface area contributed by atoms with Crippen LogP contribution in [-0.2, 0) is 65.9 Å². The van der Waals surface area contributed by atoms with Crippen LogP contribution >= 0.6 is 7.82 Å². The number of hydrogen-bond acceptors (Lipinski definition) is 21. The minimum absolute atomic E-state index is 0.254. The molecule has 0 saturated carbocycles. The Labute approximate surface area is 403 Å². The van der Waals surface area contributed by atoms with E-state index in [1.165, 1.54) is 11.1 Å². The number of primary amides is 2. The number of ether oxygens (including phenoxy) is 7. The average molecular weight is 1030 g/mol. The van der Waals surface area contributed by atoms with E-state index in [1.54, 1.807) is 6.08 Å². The predicted octanol–water partition coefficient (Wildman–Crippen LogP) is -2.27. The molecule has 0 aromatic rings. The molecule has 3 aliphatic rings. The molecule has 0 aliphatic carbocycles. The fraction of sp³-hybridized carbons (Fsp3) is 0.738. The van der Waals surface area contributed by atoms with E-state index in [2.05, 4.69) is 22.8 Å². The monoisotopic (exact) mass is 1030 g/mol. The number of nitrogens with one attached hydrogen (secondary N) is 2. The fourth-order valence-corrected chi connectivity index (χ4v) is 8.47. The lowest BCUT2D eigenvalue weighted by Crippen LogP contribution is -2.72. The van der Waals surface area contributed by atoms with Gasteiger partial charge in [-0.1, -0.05) is 34.9 Å². The largest absolute Gasteiger partial charge is 0.479 e. The number of rotatable bonds is 25. The van der Waals surface area contributed by atoms with Crippen molar-refractivity contribution in [3.8, 4) is 0 Å². The number of carboxylic acid groups (broad SMARTS) is 1. The second-order valence-electron chi connectivity index (χ2n) is 17.4. The lowest BCUT2D eigenvalue weighted by atomic mass is 9.85. The number of carbonyl (C=O) groups excluding carboxylic acids is 4. The molecule has 27 nitrogen and oxygen atoms in total. The lowest BCUT2D eigenvalue weighted by Gasteiger charge is -2.51. The van der Waals surface area contributed by atoms with Crippen LogP contribution in [0.4, 0.5) is 4.79 Å². The number of amides is 4. The van der Waals surface area contributed by atoms with Crippen molar-refractivity contribution in [3.63, 3.8) is 0 Å². The van der Waals surface area contributed by atoms with E-state index in [0.717, 1.165) is 39.2 Å². The molecular weight excluding hydrogens is 959 g/mol. The number of aliphatic hydroxyl groups is 6. The van der Waals surface area contributed by atoms with Crippen LogP contribution in [0.25, 0.3) is 0 Å². The summed E-state index contributed by atoms with van der Waals surface area (Å²) in [5.41, 5.74) is 11.3. The van der Waals surface area contributed by atoms with E-state index < -0.39 is 155 Å². The average Bonchev–Trinajstić information content (AvgIpc) is 3.24. The van der Waals surface area contributed by atoms with Crippen molar-refractivity contribution in [3.05, 3.63) is 34.9 Å². The molecule has 4 amide bonds. The SMILES string of the molecule is CC(=O)NC1C(OC2C(CO)OC(OC3C(OP(=O)(O)OC[C@@H](OC/C=C(/C)CC/C=C(\C)CCC=C(C)C)C(=O)O)OC(C(N)=O)C(C)(O)C3OC(N)=O)C(NC(C)=O)C2O)OC(CO)C(O)C1O. The molecule has 3 rings (SSSR count). The Balaban J connectivity index is 1.92. The van der Waals surface area contributed by atoms with Crippen molar-refractivity contribution in [1.82, 2.24) is 10.6 Å². The van der Waals surface area contributed by atoms with Gasteiger partial charge in [0, 0.05) is 13.8 Å². The highest BCUT2D eigenvalue weighted by molar-refractivity contribution is 7.47. The summed E-state index contributed by atoms with van der Waals surface area (Å²) in [4.78, 5) is 72.7. The first-order valence-electron chi connectivity index (χ1n) is 22.1. The van der Waals surface area contributed by atoms with Crippen molar-refractivity contribution in [2.24, 2.45) is 11.5 Å². The van der Waals surface area contributed by atoms with Gasteiger partial charge in [-0.15, -0.1) is 0 Å². The number of phosphoric ester groups is 1. The Morgan fingerprint density at radius 2 is 1.29 bits per heavy atom. The van der Waals surface area contributed by atoms with Crippen LogP contribution in [-0.4, -0.2) is 194 Å². The maximum atomic E-state index is 13.6. The van der Waals surface area contributed by atoms with Crippen LogP contribution in [0.5, 0.6) is 0 Å². The molecule has 0 aromatic carbocycles. The van der Waals surface area contributed by atoms with E-state index in [9.17, 15) is 69.2 Å². The first-order valence-corrected chi connectivity index (χ1v) is 23.6. The Morgan fingerprint density at radius 1 is 0.757 bits per heavy atom. The Hall–Kier alpha value is -4.00. The molecule has 14 N–H and O–H groups in total. The zero-order valence-electron chi connectivity index (χ0n) is 39.9. The van der Waals surface area contributed by atoms with Gasteiger partial charge in [0.1, 0.15) is 54.3 Å². The number of allylic oxidation sites excluding steroid dienone is 5. The van der Waals surface area contributed by atoms with E-state index in [4.69, 9.17) is 53.7 Å². The summed E-state index contributed by atoms with van der Waals surface area (Å²) in [6, 6.07) is -3.42. The predicted molar refractivity (Wildman–Crippen MR) is 237 cm³/mol. The molecule has 16 unspecified atom stereocenters. The van der Waals surface area contributed by atoms with Gasteiger partial charge in [-0.25, -0.2) is 14.2 Å². The van der Waals surface area contributed by atoms with Gasteiger partial charge in [0.2, 0.25) is 17.7 Å². The van der Waals surface area contributed by atoms with Crippen LogP contribution in [0.15, 0.2) is 34.9 Å². The smallest absolute Gasteiger partial charge is 0.474 e. The molecule has 0 radical (unpaired) electrons. The molecule has 70 heavy (non-hydrogen) atoms. The molecule has 3 aliphatic heterocycles. The van der Waals surface area contributed by atoms with Crippen LogP contribution in [0.1, 0.15) is 74.1 Å². The summed E-state index contributed by atoms with van der Waals surface area (Å²) in [7, 11) is -5.63. The Kier molecular flexibility index (Phi) is 23.4. The molecule has 17 atom stereocenters. The molecule has 3 fully saturated rings. The number of aliphatic hydroxyl groups excluding tert-OH is 5. The summed E-state index contributed by atoms with van der Waals surface area (Å²) in [6.07, 6.45) is -18.4. The van der Waals surface area contributed by atoms with Gasteiger partial charge in [-0.2, -0.15) is 0 Å². The topological polar surface area (TPSA) is 423 Å². The van der Waals surface area contributed by atoms with Crippen molar-refractivity contribution >= 4 is 37.6 Å². The quantitative estimate of drug-likeness (QED) is 0.0339. The van der Waals surface area contributed by atoms with Crippen LogP contribution in [0, 0.1) is 0 Å². The summed E-state index contributed by atoms with van der Waals surface area (Å²) in [5.74, 6) is -4.69. The van der Waals surface area contributed by atoms with Gasteiger partial charge in [-0.3, -0.25) is 23.4 Å². The third-order valence-corrected chi connectivity index (χ3v) is 12.2. The lowest BCUT2D eigenvalue weighted by molar-refractivity contribution is -0.365. The van der Waals surface area contributed by atoms with Gasteiger partial charge in [0.25, 0.3) is 0 Å². The number of nitrogens with two attached hydrogens (primary N) is 2. The minimum atomic E-state index is -5.63. The van der Waals surface area contributed by atoms with Crippen molar-refractivity contribution in [1.29, 1.82) is 0 Å². The van der Waals surface area contributed by atoms with E-state index in [1.807, 2.05) is 27.7 Å². The van der Waals surface area contributed by atoms with Crippen LogP contribution < -0.4 is 22.1 Å². The number of carboxylic acids is 1. The zero-order chi connectivity index (χ0) is 52.8. The van der Waals surface area contributed by atoms with E-state index >= 15 is 0 Å². The summed E-state index contributed by atoms with van der Waals surface area (Å²) >= 11 is 0. The first-order chi connectivity index (χ1) is 32.6. The standard InChI is InChI=1S/C42H69N4O23P/c1-19(2)10-8-11-20(3)12-9-13-21(4)14-15-61-26(37(55)56)18-62-70(59,60)69-40-33(34(68-41(44)57)42(7,58)35(67-40)36(43)54)66-39-28(46-23(6)50)31(53)32(25(17-48)64-39)65-38-27(45-22(5)49)30(52)29(51)24(16-47)63-38/h10,12,14,24-35,38-40,47-48,51-53,58H,8-9,11,13,15-18H2,1-7H3,(H2,43,54)(H2,44,57)(H,45,49)(H,46,50)(H,55,56)(H,59,60)/b20-12+,21-14-/t24?,25?,26-,27?,28?,29?,30?,31?,32?,33?,34?,35?,38?,39?,40?,42?/m1/s1. The molecule has 0 aromatic heterocycles. The highest BCUT2D eigenvalue weighted by Crippen LogP contribution is 2.49. The molecule has 400 valence electrons. The summed E-state index contributed by atoms with van der Waals surface area (Å²) in [6.45, 7) is 7.48. The number of aliphatic carboxylic acids is 1. The third kappa shape index (κ3) is 17.3. The van der Waals surface area contributed by atoms with Gasteiger partial charge < -0.3 is 95.9 Å². The molecular formula is C42H69N4O23P. The van der Waals surface area contributed by atoms with E-state index in [0.29, 0.717) is 12.8 Å².